The fourth-order valence-electron chi connectivity index (χ4n) is 2.12. The average Bonchev–Trinajstić information content (AvgIpc) is 3.30. The second-order valence-corrected chi connectivity index (χ2v) is 4.80. The van der Waals surface area contributed by atoms with Crippen molar-refractivity contribution in [1.29, 1.82) is 0 Å². The van der Waals surface area contributed by atoms with Gasteiger partial charge < -0.3 is 9.64 Å². The molecule has 0 aromatic heterocycles. The number of aldehydes is 1. The normalized spacial score (nSPS) is 13.6. The zero-order valence-electron chi connectivity index (χ0n) is 11.7. The second-order valence-electron chi connectivity index (χ2n) is 4.80. The van der Waals surface area contributed by atoms with Crippen LogP contribution in [0.4, 0.5) is 5.69 Å². The second kappa shape index (κ2) is 6.34. The predicted octanol–water partition coefficient (Wildman–Crippen LogP) is 1.80. The van der Waals surface area contributed by atoms with Gasteiger partial charge in [-0.3, -0.25) is 19.7 Å². The summed E-state index contributed by atoms with van der Waals surface area (Å²) in [7, 11) is 0. The lowest BCUT2D eigenvalue weighted by atomic mass is 10.2. The van der Waals surface area contributed by atoms with E-state index >= 15 is 0 Å². The van der Waals surface area contributed by atoms with Crippen molar-refractivity contribution in [2.75, 3.05) is 13.2 Å². The molecule has 7 nitrogen and oxygen atoms in total. The highest BCUT2D eigenvalue weighted by atomic mass is 16.6. The van der Waals surface area contributed by atoms with Crippen LogP contribution in [0.5, 0.6) is 5.75 Å². The molecule has 1 fully saturated rings. The van der Waals surface area contributed by atoms with Gasteiger partial charge in [-0.15, -0.1) is 0 Å². The van der Waals surface area contributed by atoms with Crippen LogP contribution in [0.3, 0.4) is 0 Å². The Labute approximate surface area is 121 Å². The third-order valence-corrected chi connectivity index (χ3v) is 3.32. The zero-order chi connectivity index (χ0) is 15.4. The van der Waals surface area contributed by atoms with E-state index in [1.165, 1.54) is 18.2 Å². The van der Waals surface area contributed by atoms with E-state index in [-0.39, 0.29) is 35.6 Å². The van der Waals surface area contributed by atoms with Crippen molar-refractivity contribution >= 4 is 17.9 Å². The molecule has 0 unspecified atom stereocenters. The molecule has 21 heavy (non-hydrogen) atoms. The summed E-state index contributed by atoms with van der Waals surface area (Å²) in [6.07, 6.45) is 2.54. The Kier molecular flexibility index (Phi) is 4.52. The number of likely N-dealkylation sites (N-methyl/N-ethyl adjacent to an activating group) is 1. The Balaban J connectivity index is 2.09. The molecule has 112 valence electrons. The quantitative estimate of drug-likeness (QED) is 0.434. The van der Waals surface area contributed by atoms with Gasteiger partial charge in [-0.2, -0.15) is 0 Å². The first kappa shape index (κ1) is 15.0. The molecule has 2 rings (SSSR count). The molecule has 0 saturated heterocycles. The van der Waals surface area contributed by atoms with Crippen molar-refractivity contribution in [2.24, 2.45) is 0 Å². The molecule has 1 amide bonds. The van der Waals surface area contributed by atoms with Crippen LogP contribution in [0.25, 0.3) is 0 Å². The maximum absolute atomic E-state index is 12.0. The maximum atomic E-state index is 12.0. The molecule has 0 spiro atoms. The summed E-state index contributed by atoms with van der Waals surface area (Å²) in [5.41, 5.74) is 0.000426. The molecule has 1 saturated carbocycles. The van der Waals surface area contributed by atoms with Gasteiger partial charge in [-0.25, -0.2) is 0 Å². The van der Waals surface area contributed by atoms with E-state index in [2.05, 4.69) is 0 Å². The van der Waals surface area contributed by atoms with E-state index in [1.54, 1.807) is 4.90 Å². The molecule has 0 N–H and O–H groups in total. The van der Waals surface area contributed by atoms with E-state index in [0.717, 1.165) is 12.8 Å². The van der Waals surface area contributed by atoms with E-state index < -0.39 is 4.92 Å². The summed E-state index contributed by atoms with van der Waals surface area (Å²) in [6.45, 7) is 2.20. The zero-order valence-corrected chi connectivity index (χ0v) is 11.7. The monoisotopic (exact) mass is 292 g/mol. The third-order valence-electron chi connectivity index (χ3n) is 3.32. The highest BCUT2D eigenvalue weighted by molar-refractivity contribution is 5.79. The standard InChI is InChI=1S/C14H16N2O5/c1-2-15(11-4-5-11)14(18)9-21-13-7-10(8-17)3-6-12(13)16(19)20/h3,6-8,11H,2,4-5,9H2,1H3. The number of carbonyl (C=O) groups is 2. The van der Waals surface area contributed by atoms with Gasteiger partial charge in [-0.1, -0.05) is 0 Å². The summed E-state index contributed by atoms with van der Waals surface area (Å²) in [4.78, 5) is 34.8. The highest BCUT2D eigenvalue weighted by Crippen LogP contribution is 2.29. The fourth-order valence-corrected chi connectivity index (χ4v) is 2.12. The number of nitrogens with zero attached hydrogens (tertiary/aromatic N) is 2. The smallest absolute Gasteiger partial charge is 0.310 e. The number of hydrogen-bond donors (Lipinski definition) is 0. The van der Waals surface area contributed by atoms with Gasteiger partial charge in [-0.05, 0) is 31.9 Å². The predicted molar refractivity (Wildman–Crippen MR) is 74.4 cm³/mol. The number of hydrogen-bond acceptors (Lipinski definition) is 5. The van der Waals surface area contributed by atoms with Crippen LogP contribution in [0, 0.1) is 10.1 Å². The molecular formula is C14H16N2O5. The van der Waals surface area contributed by atoms with Gasteiger partial charge in [0.1, 0.15) is 6.29 Å². The van der Waals surface area contributed by atoms with Crippen molar-refractivity contribution in [1.82, 2.24) is 4.90 Å². The SMILES string of the molecule is CCN(C(=O)COc1cc(C=O)ccc1[N+](=O)[O-])C1CC1. The van der Waals surface area contributed by atoms with Gasteiger partial charge in [0.05, 0.1) is 4.92 Å². The number of nitro benzene ring substituents is 1. The number of amides is 1. The van der Waals surface area contributed by atoms with E-state index in [4.69, 9.17) is 4.74 Å². The molecule has 0 atom stereocenters. The summed E-state index contributed by atoms with van der Waals surface area (Å²) in [5.74, 6) is -0.268. The molecule has 0 radical (unpaired) electrons. The van der Waals surface area contributed by atoms with Crippen LogP contribution in [-0.2, 0) is 4.79 Å². The van der Waals surface area contributed by atoms with Gasteiger partial charge >= 0.3 is 5.69 Å². The van der Waals surface area contributed by atoms with Crippen LogP contribution < -0.4 is 4.74 Å². The maximum Gasteiger partial charge on any atom is 0.310 e. The number of carbonyl (C=O) groups excluding carboxylic acids is 2. The van der Waals surface area contributed by atoms with Crippen LogP contribution in [0.15, 0.2) is 18.2 Å². The Morgan fingerprint density at radius 3 is 2.76 bits per heavy atom. The van der Waals surface area contributed by atoms with Crippen LogP contribution in [-0.4, -0.2) is 41.2 Å². The van der Waals surface area contributed by atoms with Gasteiger partial charge in [0, 0.05) is 24.2 Å². The number of rotatable bonds is 7. The molecule has 7 heteroatoms. The molecule has 1 aromatic carbocycles. The van der Waals surface area contributed by atoms with E-state index in [9.17, 15) is 19.7 Å². The van der Waals surface area contributed by atoms with Crippen LogP contribution in [0.1, 0.15) is 30.1 Å². The van der Waals surface area contributed by atoms with E-state index in [1.807, 2.05) is 6.92 Å². The summed E-state index contributed by atoms with van der Waals surface area (Å²) >= 11 is 0. The molecule has 1 aliphatic carbocycles. The van der Waals surface area contributed by atoms with Crippen molar-refractivity contribution < 1.29 is 19.2 Å². The van der Waals surface area contributed by atoms with Crippen molar-refractivity contribution in [3.05, 3.63) is 33.9 Å². The van der Waals surface area contributed by atoms with E-state index in [0.29, 0.717) is 12.8 Å². The van der Waals surface area contributed by atoms with Gasteiger partial charge in [0.15, 0.2) is 12.4 Å². The number of nitro groups is 1. The first-order chi connectivity index (χ1) is 10.1. The Morgan fingerprint density at radius 2 is 2.24 bits per heavy atom. The van der Waals surface area contributed by atoms with Gasteiger partial charge in [0.2, 0.25) is 0 Å². The Morgan fingerprint density at radius 1 is 1.52 bits per heavy atom. The summed E-state index contributed by atoms with van der Waals surface area (Å²) < 4.78 is 5.27. The third kappa shape index (κ3) is 3.56. The van der Waals surface area contributed by atoms with Crippen LogP contribution >= 0.6 is 0 Å². The lowest BCUT2D eigenvalue weighted by Gasteiger charge is -2.20. The topological polar surface area (TPSA) is 89.8 Å². The summed E-state index contributed by atoms with van der Waals surface area (Å²) in [6, 6.07) is 4.07. The molecule has 1 aromatic rings. The Hall–Kier alpha value is -2.44. The molecular weight excluding hydrogens is 276 g/mol. The first-order valence-electron chi connectivity index (χ1n) is 6.72. The first-order valence-corrected chi connectivity index (χ1v) is 6.72. The average molecular weight is 292 g/mol. The minimum Gasteiger partial charge on any atom is -0.477 e. The lowest BCUT2D eigenvalue weighted by Crippen LogP contribution is -2.36. The summed E-state index contributed by atoms with van der Waals surface area (Å²) in [5, 5.41) is 10.9. The molecule has 0 heterocycles. The van der Waals surface area contributed by atoms with Crippen molar-refractivity contribution in [2.45, 2.75) is 25.8 Å². The number of benzene rings is 1. The van der Waals surface area contributed by atoms with Gasteiger partial charge in [0.25, 0.3) is 5.91 Å². The lowest BCUT2D eigenvalue weighted by molar-refractivity contribution is -0.385. The van der Waals surface area contributed by atoms with Crippen molar-refractivity contribution in [3.8, 4) is 5.75 Å². The largest absolute Gasteiger partial charge is 0.477 e. The van der Waals surface area contributed by atoms with Crippen molar-refractivity contribution in [3.63, 3.8) is 0 Å². The molecule has 1 aliphatic rings. The number of ether oxygens (including phenoxy) is 1. The fraction of sp³-hybridized carbons (Fsp3) is 0.429. The van der Waals surface area contributed by atoms with Crippen LogP contribution in [0.2, 0.25) is 0 Å². The molecule has 0 bridgehead atoms. The minimum absolute atomic E-state index is 0.0650. The Bertz CT molecular complexity index is 568. The highest BCUT2D eigenvalue weighted by Gasteiger charge is 2.31. The molecule has 0 aliphatic heterocycles. The minimum atomic E-state index is -0.604.